The lowest BCUT2D eigenvalue weighted by Crippen LogP contribution is -2.26. The summed E-state index contributed by atoms with van der Waals surface area (Å²) in [6, 6.07) is 102. The van der Waals surface area contributed by atoms with Crippen molar-refractivity contribution in [1.82, 2.24) is 0 Å². The van der Waals surface area contributed by atoms with Gasteiger partial charge in [0.2, 0.25) is 0 Å². The van der Waals surface area contributed by atoms with Crippen LogP contribution >= 0.6 is 0 Å². The molecule has 1 atom stereocenters. The van der Waals surface area contributed by atoms with Crippen LogP contribution in [0, 0.1) is 0 Å². The van der Waals surface area contributed by atoms with E-state index in [1.165, 1.54) is 77.9 Å². The number of rotatable bonds is 9. The van der Waals surface area contributed by atoms with Gasteiger partial charge in [-0.3, -0.25) is 0 Å². The fourth-order valence-corrected chi connectivity index (χ4v) is 11.2. The van der Waals surface area contributed by atoms with Gasteiger partial charge in [0, 0.05) is 34.1 Å². The average Bonchev–Trinajstić information content (AvgIpc) is 3.89. The zero-order valence-corrected chi connectivity index (χ0v) is 38.0. The number of anilines is 6. The first-order valence-electron chi connectivity index (χ1n) is 23.8. The molecule has 0 amide bonds. The molecule has 2 nitrogen and oxygen atoms in total. The van der Waals surface area contributed by atoms with Crippen molar-refractivity contribution in [2.24, 2.45) is 0 Å². The van der Waals surface area contributed by atoms with Crippen LogP contribution in [0.3, 0.4) is 0 Å². The van der Waals surface area contributed by atoms with Crippen molar-refractivity contribution in [3.8, 4) is 55.6 Å². The SMILES string of the molecule is c1ccc(-c2cccc(N(c3ccccc3)c3ccc4c(c3)-c3ccccc3C43c4ccccc4-c4cc(N(c5cccc(-c6ccccc6)c5)c5cccc(-c6ccccc6)c5)ccc43)c2)cc1. The molecule has 1 unspecified atom stereocenters. The number of benzene rings is 11. The van der Waals surface area contributed by atoms with Gasteiger partial charge in [0.15, 0.2) is 0 Å². The van der Waals surface area contributed by atoms with E-state index in [2.05, 4.69) is 289 Å². The Labute approximate surface area is 404 Å². The number of nitrogens with zero attached hydrogens (tertiary/aromatic N) is 2. The molecule has 0 saturated heterocycles. The molecule has 13 rings (SSSR count). The first-order chi connectivity index (χ1) is 34.2. The van der Waals surface area contributed by atoms with E-state index in [9.17, 15) is 0 Å². The Hall–Kier alpha value is -8.98. The molecule has 0 saturated carbocycles. The van der Waals surface area contributed by atoms with Crippen LogP contribution in [0.25, 0.3) is 55.6 Å². The first-order valence-corrected chi connectivity index (χ1v) is 23.8. The van der Waals surface area contributed by atoms with E-state index in [4.69, 9.17) is 0 Å². The van der Waals surface area contributed by atoms with Crippen molar-refractivity contribution in [2.45, 2.75) is 5.41 Å². The molecule has 324 valence electrons. The molecule has 0 aromatic heterocycles. The second-order valence-corrected chi connectivity index (χ2v) is 18.1. The fraction of sp³-hybridized carbons (Fsp3) is 0.0149. The van der Waals surface area contributed by atoms with E-state index in [1.807, 2.05) is 0 Å². The van der Waals surface area contributed by atoms with Crippen LogP contribution in [0.15, 0.2) is 279 Å². The van der Waals surface area contributed by atoms with Crippen molar-refractivity contribution in [3.63, 3.8) is 0 Å². The highest BCUT2D eigenvalue weighted by molar-refractivity contribution is 5.98. The summed E-state index contributed by atoms with van der Waals surface area (Å²) < 4.78 is 0. The molecule has 0 N–H and O–H groups in total. The number of para-hydroxylation sites is 1. The minimum Gasteiger partial charge on any atom is -0.310 e. The summed E-state index contributed by atoms with van der Waals surface area (Å²) in [4.78, 5) is 4.83. The Morgan fingerprint density at radius 1 is 0.188 bits per heavy atom. The Balaban J connectivity index is 0.989. The third-order valence-electron chi connectivity index (χ3n) is 14.2. The Morgan fingerprint density at radius 3 is 0.884 bits per heavy atom. The molecule has 0 aliphatic heterocycles. The van der Waals surface area contributed by atoms with E-state index >= 15 is 0 Å². The van der Waals surface area contributed by atoms with E-state index in [-0.39, 0.29) is 0 Å². The zero-order chi connectivity index (χ0) is 45.7. The van der Waals surface area contributed by atoms with E-state index in [1.54, 1.807) is 0 Å². The smallest absolute Gasteiger partial charge is 0.0725 e. The van der Waals surface area contributed by atoms with Gasteiger partial charge in [-0.2, -0.15) is 0 Å². The topological polar surface area (TPSA) is 6.48 Å². The van der Waals surface area contributed by atoms with Crippen LogP contribution in [0.2, 0.25) is 0 Å². The van der Waals surface area contributed by atoms with Gasteiger partial charge in [-0.05, 0) is 151 Å². The summed E-state index contributed by atoms with van der Waals surface area (Å²) in [5.41, 5.74) is 23.5. The van der Waals surface area contributed by atoms with Gasteiger partial charge in [0.05, 0.1) is 5.41 Å². The second-order valence-electron chi connectivity index (χ2n) is 18.1. The monoisotopic (exact) mass is 878 g/mol. The third-order valence-corrected chi connectivity index (χ3v) is 14.2. The minimum atomic E-state index is -0.509. The van der Waals surface area contributed by atoms with Crippen LogP contribution in [0.1, 0.15) is 22.3 Å². The molecule has 2 aliphatic carbocycles. The maximum Gasteiger partial charge on any atom is 0.0725 e. The predicted octanol–water partition coefficient (Wildman–Crippen LogP) is 18.0. The predicted molar refractivity (Wildman–Crippen MR) is 288 cm³/mol. The standard InChI is InChI=1S/C67H46N2/c1-5-20-47(21-6-1)50-26-17-31-54(42-50)68(53-29-11-4-12-30-53)57-38-40-65-61(45-57)59-34-13-15-36-63(59)67(65)64-37-16-14-35-60(64)62-46-58(39-41-66(62)67)69(55-32-18-27-51(43-55)48-22-7-2-8-23-48)56-33-19-28-52(44-56)49-24-9-3-10-25-49/h1-46H. The van der Waals surface area contributed by atoms with Crippen molar-refractivity contribution >= 4 is 34.1 Å². The molecule has 0 bridgehead atoms. The van der Waals surface area contributed by atoms with Gasteiger partial charge in [0.1, 0.15) is 0 Å². The molecule has 11 aromatic carbocycles. The van der Waals surface area contributed by atoms with Crippen LogP contribution < -0.4 is 9.80 Å². The summed E-state index contributed by atoms with van der Waals surface area (Å²) in [5.74, 6) is 0. The lowest BCUT2D eigenvalue weighted by Gasteiger charge is -2.32. The second kappa shape index (κ2) is 16.7. The van der Waals surface area contributed by atoms with Gasteiger partial charge < -0.3 is 9.80 Å². The molecule has 1 spiro atoms. The fourth-order valence-electron chi connectivity index (χ4n) is 11.2. The van der Waals surface area contributed by atoms with Gasteiger partial charge in [-0.15, -0.1) is 0 Å². The molecule has 0 radical (unpaired) electrons. The summed E-state index contributed by atoms with van der Waals surface area (Å²) >= 11 is 0. The van der Waals surface area contributed by atoms with Gasteiger partial charge in [-0.1, -0.05) is 206 Å². The van der Waals surface area contributed by atoms with Crippen molar-refractivity contribution < 1.29 is 0 Å². The maximum atomic E-state index is 2.44. The summed E-state index contributed by atoms with van der Waals surface area (Å²) in [6.45, 7) is 0. The molecule has 0 fully saturated rings. The van der Waals surface area contributed by atoms with Gasteiger partial charge in [0.25, 0.3) is 0 Å². The number of hydrogen-bond acceptors (Lipinski definition) is 2. The highest BCUT2D eigenvalue weighted by Gasteiger charge is 2.51. The van der Waals surface area contributed by atoms with Crippen molar-refractivity contribution in [1.29, 1.82) is 0 Å². The molecular weight excluding hydrogens is 833 g/mol. The normalized spacial score (nSPS) is 13.9. The Kier molecular flexibility index (Phi) is 9.77. The summed E-state index contributed by atoms with van der Waals surface area (Å²) in [7, 11) is 0. The highest BCUT2D eigenvalue weighted by Crippen LogP contribution is 2.64. The quantitative estimate of drug-likeness (QED) is 0.143. The summed E-state index contributed by atoms with van der Waals surface area (Å²) in [5, 5.41) is 0. The first kappa shape index (κ1) is 40.3. The number of hydrogen-bond donors (Lipinski definition) is 0. The molecule has 2 heteroatoms. The zero-order valence-electron chi connectivity index (χ0n) is 38.0. The van der Waals surface area contributed by atoms with Crippen LogP contribution in [-0.4, -0.2) is 0 Å². The van der Waals surface area contributed by atoms with Gasteiger partial charge in [-0.25, -0.2) is 0 Å². The Bertz CT molecular complexity index is 3590. The van der Waals surface area contributed by atoms with Crippen LogP contribution in [0.4, 0.5) is 34.1 Å². The lowest BCUT2D eigenvalue weighted by molar-refractivity contribution is 0.793. The van der Waals surface area contributed by atoms with Crippen LogP contribution in [0.5, 0.6) is 0 Å². The molecule has 69 heavy (non-hydrogen) atoms. The highest BCUT2D eigenvalue weighted by atomic mass is 15.1. The van der Waals surface area contributed by atoms with E-state index in [0.717, 1.165) is 34.1 Å². The molecule has 0 heterocycles. The van der Waals surface area contributed by atoms with Crippen molar-refractivity contribution in [2.75, 3.05) is 9.80 Å². The van der Waals surface area contributed by atoms with E-state index < -0.39 is 5.41 Å². The minimum absolute atomic E-state index is 0.509. The van der Waals surface area contributed by atoms with Crippen LogP contribution in [-0.2, 0) is 5.41 Å². The van der Waals surface area contributed by atoms with Gasteiger partial charge >= 0.3 is 0 Å². The largest absolute Gasteiger partial charge is 0.310 e. The molecule has 2 aliphatic rings. The number of fused-ring (bicyclic) bond motifs is 10. The Morgan fingerprint density at radius 2 is 0.478 bits per heavy atom. The summed E-state index contributed by atoms with van der Waals surface area (Å²) in [6.07, 6.45) is 0. The maximum absolute atomic E-state index is 2.44. The molecule has 11 aromatic rings. The van der Waals surface area contributed by atoms with Crippen molar-refractivity contribution in [3.05, 3.63) is 301 Å². The average molecular weight is 879 g/mol. The lowest BCUT2D eigenvalue weighted by atomic mass is 9.70. The third kappa shape index (κ3) is 6.72. The molecular formula is C67H46N2. The van der Waals surface area contributed by atoms with E-state index in [0.29, 0.717) is 0 Å².